The van der Waals surface area contributed by atoms with Gasteiger partial charge in [0.15, 0.2) is 0 Å². The maximum atomic E-state index is 10.8. The van der Waals surface area contributed by atoms with Crippen LogP contribution in [0, 0.1) is 0 Å². The van der Waals surface area contributed by atoms with E-state index in [2.05, 4.69) is 10.3 Å². The zero-order valence-electron chi connectivity index (χ0n) is 9.05. The zero-order chi connectivity index (χ0) is 11.1. The van der Waals surface area contributed by atoms with Crippen molar-refractivity contribution < 1.29 is 9.90 Å². The van der Waals surface area contributed by atoms with Crippen molar-refractivity contribution in [3.63, 3.8) is 0 Å². The van der Waals surface area contributed by atoms with Crippen LogP contribution in [0.2, 0.25) is 0 Å². The fourth-order valence-electron chi connectivity index (χ4n) is 2.84. The average molecular weight is 218 g/mol. The minimum absolute atomic E-state index is 0.850. The number of hydrogen-bond acceptors (Lipinski definition) is 2. The number of carboxylic acid groups (broad SMARTS) is 1. The highest BCUT2D eigenvalue weighted by Crippen LogP contribution is 2.36. The van der Waals surface area contributed by atoms with Gasteiger partial charge in [0, 0.05) is 11.4 Å². The van der Waals surface area contributed by atoms with Crippen LogP contribution in [0.3, 0.4) is 0 Å². The molecule has 0 aromatic carbocycles. The number of aromatic nitrogens is 1. The number of rotatable bonds is 1. The molecule has 0 bridgehead atoms. The van der Waals surface area contributed by atoms with Gasteiger partial charge < -0.3 is 5.11 Å². The summed E-state index contributed by atoms with van der Waals surface area (Å²) >= 11 is 0. The van der Waals surface area contributed by atoms with Crippen LogP contribution in [0.25, 0.3) is 0 Å². The minimum atomic E-state index is -0.964. The number of fused-ring (bicyclic) bond motifs is 2. The maximum absolute atomic E-state index is 10.8. The van der Waals surface area contributed by atoms with Crippen molar-refractivity contribution in [2.45, 2.75) is 38.5 Å². The Kier molecular flexibility index (Phi) is 2.09. The molecule has 4 heteroatoms. The van der Waals surface area contributed by atoms with Crippen LogP contribution in [-0.4, -0.2) is 16.2 Å². The molecule has 1 amide bonds. The van der Waals surface area contributed by atoms with Crippen LogP contribution < -0.4 is 5.32 Å². The molecule has 2 N–H and O–H groups in total. The number of hydrogen-bond donors (Lipinski definition) is 2. The topological polar surface area (TPSA) is 62.2 Å². The lowest BCUT2D eigenvalue weighted by atomic mass is 10.1. The SMILES string of the molecule is O=C(O)Nc1c2c(nc3c1CCC3)CCC2. The first-order chi connectivity index (χ1) is 7.75. The number of amides is 1. The van der Waals surface area contributed by atoms with Crippen LogP contribution in [0.1, 0.15) is 35.4 Å². The van der Waals surface area contributed by atoms with Crippen molar-refractivity contribution in [1.82, 2.24) is 4.98 Å². The number of anilines is 1. The van der Waals surface area contributed by atoms with Gasteiger partial charge >= 0.3 is 6.09 Å². The van der Waals surface area contributed by atoms with Crippen molar-refractivity contribution >= 4 is 11.8 Å². The summed E-state index contributed by atoms with van der Waals surface area (Å²) in [4.78, 5) is 15.5. The van der Waals surface area contributed by atoms with Gasteiger partial charge in [-0.15, -0.1) is 0 Å². The first-order valence-corrected chi connectivity index (χ1v) is 5.79. The fourth-order valence-corrected chi connectivity index (χ4v) is 2.84. The van der Waals surface area contributed by atoms with Gasteiger partial charge in [-0.2, -0.15) is 0 Å². The Bertz CT molecular complexity index is 436. The van der Waals surface area contributed by atoms with Gasteiger partial charge in [0.1, 0.15) is 0 Å². The van der Waals surface area contributed by atoms with E-state index >= 15 is 0 Å². The highest BCUT2D eigenvalue weighted by Gasteiger charge is 2.26. The molecule has 0 fully saturated rings. The summed E-state index contributed by atoms with van der Waals surface area (Å²) in [5.41, 5.74) is 5.36. The Labute approximate surface area is 93.7 Å². The van der Waals surface area contributed by atoms with E-state index in [0.717, 1.165) is 66.7 Å². The third-order valence-corrected chi connectivity index (χ3v) is 3.48. The molecule has 1 aromatic rings. The zero-order valence-corrected chi connectivity index (χ0v) is 9.05. The lowest BCUT2D eigenvalue weighted by molar-refractivity contribution is 0.209. The monoisotopic (exact) mass is 218 g/mol. The van der Waals surface area contributed by atoms with Gasteiger partial charge in [-0.1, -0.05) is 0 Å². The van der Waals surface area contributed by atoms with Crippen molar-refractivity contribution in [3.8, 4) is 0 Å². The van der Waals surface area contributed by atoms with Crippen LogP contribution in [0.15, 0.2) is 0 Å². The fraction of sp³-hybridized carbons (Fsp3) is 0.500. The van der Waals surface area contributed by atoms with E-state index in [1.165, 1.54) is 0 Å². The number of nitrogens with one attached hydrogen (secondary N) is 1. The average Bonchev–Trinajstić information content (AvgIpc) is 2.83. The normalized spacial score (nSPS) is 17.0. The van der Waals surface area contributed by atoms with Gasteiger partial charge in [0.2, 0.25) is 0 Å². The molecule has 0 aliphatic heterocycles. The van der Waals surface area contributed by atoms with Crippen LogP contribution in [-0.2, 0) is 25.7 Å². The molecule has 3 rings (SSSR count). The molecule has 2 aliphatic carbocycles. The van der Waals surface area contributed by atoms with Gasteiger partial charge in [-0.25, -0.2) is 4.79 Å². The predicted molar refractivity (Wildman–Crippen MR) is 59.9 cm³/mol. The highest BCUT2D eigenvalue weighted by atomic mass is 16.4. The third kappa shape index (κ3) is 1.37. The summed E-state index contributed by atoms with van der Waals surface area (Å²) in [5, 5.41) is 11.5. The van der Waals surface area contributed by atoms with Gasteiger partial charge in [0.25, 0.3) is 0 Å². The molecule has 4 nitrogen and oxygen atoms in total. The second-order valence-corrected chi connectivity index (χ2v) is 4.47. The minimum Gasteiger partial charge on any atom is -0.465 e. The molecular formula is C12H14N2O2. The first kappa shape index (κ1) is 9.63. The second kappa shape index (κ2) is 3.47. The summed E-state index contributed by atoms with van der Waals surface area (Å²) in [6.45, 7) is 0. The Morgan fingerprint density at radius 1 is 1.06 bits per heavy atom. The largest absolute Gasteiger partial charge is 0.465 e. The van der Waals surface area contributed by atoms with Crippen molar-refractivity contribution in [1.29, 1.82) is 0 Å². The van der Waals surface area contributed by atoms with Crippen molar-refractivity contribution in [2.75, 3.05) is 5.32 Å². The summed E-state index contributed by atoms with van der Waals surface area (Å²) < 4.78 is 0. The summed E-state index contributed by atoms with van der Waals surface area (Å²) in [6, 6.07) is 0. The maximum Gasteiger partial charge on any atom is 0.409 e. The molecular weight excluding hydrogens is 204 g/mol. The predicted octanol–water partition coefficient (Wildman–Crippen LogP) is 2.15. The molecule has 1 heterocycles. The van der Waals surface area contributed by atoms with E-state index in [-0.39, 0.29) is 0 Å². The standard InChI is InChI=1S/C12H14N2O2/c15-12(16)14-11-7-3-1-5-9(7)13-10-6-2-4-8(10)11/h1-6H2,(H,13,14)(H,15,16). The number of carbonyl (C=O) groups is 1. The molecule has 0 spiro atoms. The Balaban J connectivity index is 2.15. The third-order valence-electron chi connectivity index (χ3n) is 3.48. The van der Waals surface area contributed by atoms with Crippen molar-refractivity contribution in [3.05, 3.63) is 22.5 Å². The van der Waals surface area contributed by atoms with Gasteiger partial charge in [0.05, 0.1) is 5.69 Å². The molecule has 2 aliphatic rings. The lowest BCUT2D eigenvalue weighted by Crippen LogP contribution is -2.13. The number of aryl methyl sites for hydroxylation is 2. The molecule has 16 heavy (non-hydrogen) atoms. The molecule has 0 saturated carbocycles. The van der Waals surface area contributed by atoms with Crippen molar-refractivity contribution in [2.24, 2.45) is 0 Å². The molecule has 0 unspecified atom stereocenters. The molecule has 1 aromatic heterocycles. The Hall–Kier alpha value is -1.58. The quantitative estimate of drug-likeness (QED) is 0.759. The number of nitrogens with zero attached hydrogens (tertiary/aromatic N) is 1. The van der Waals surface area contributed by atoms with Gasteiger partial charge in [-0.3, -0.25) is 10.3 Å². The van der Waals surface area contributed by atoms with Crippen LogP contribution >= 0.6 is 0 Å². The number of pyridine rings is 1. The Morgan fingerprint density at radius 2 is 1.62 bits per heavy atom. The summed E-state index contributed by atoms with van der Waals surface area (Å²) in [5.74, 6) is 0. The van der Waals surface area contributed by atoms with E-state index in [0.29, 0.717) is 0 Å². The van der Waals surface area contributed by atoms with Crippen LogP contribution in [0.5, 0.6) is 0 Å². The molecule has 84 valence electrons. The van der Waals surface area contributed by atoms with E-state index in [9.17, 15) is 4.79 Å². The first-order valence-electron chi connectivity index (χ1n) is 5.79. The van der Waals surface area contributed by atoms with E-state index < -0.39 is 6.09 Å². The van der Waals surface area contributed by atoms with Gasteiger partial charge in [-0.05, 0) is 49.7 Å². The van der Waals surface area contributed by atoms with E-state index in [1.54, 1.807) is 0 Å². The van der Waals surface area contributed by atoms with Crippen LogP contribution in [0.4, 0.5) is 10.5 Å². The highest BCUT2D eigenvalue weighted by molar-refractivity contribution is 5.86. The summed E-state index contributed by atoms with van der Waals surface area (Å²) in [7, 11) is 0. The lowest BCUT2D eigenvalue weighted by Gasteiger charge is -2.13. The molecule has 0 saturated heterocycles. The van der Waals surface area contributed by atoms with E-state index in [1.807, 2.05) is 0 Å². The summed E-state index contributed by atoms with van der Waals surface area (Å²) in [6.07, 6.45) is 5.15. The molecule has 0 radical (unpaired) electrons. The second-order valence-electron chi connectivity index (χ2n) is 4.47. The molecule has 0 atom stereocenters. The smallest absolute Gasteiger partial charge is 0.409 e. The van der Waals surface area contributed by atoms with E-state index in [4.69, 9.17) is 5.11 Å². The Morgan fingerprint density at radius 3 is 2.12 bits per heavy atom.